The summed E-state index contributed by atoms with van der Waals surface area (Å²) in [4.78, 5) is 34.8. The number of aliphatic carboxylic acids is 1. The van der Waals surface area contributed by atoms with E-state index in [9.17, 15) is 19.5 Å². The first-order valence-electron chi connectivity index (χ1n) is 8.59. The molecule has 150 valence electrons. The van der Waals surface area contributed by atoms with E-state index in [2.05, 4.69) is 10.1 Å². The zero-order valence-corrected chi connectivity index (χ0v) is 16.1. The molecule has 8 nitrogen and oxygen atoms in total. The van der Waals surface area contributed by atoms with Crippen LogP contribution in [0.1, 0.15) is 36.9 Å². The Morgan fingerprint density at radius 3 is 2.29 bits per heavy atom. The topological polar surface area (TPSA) is 115 Å². The van der Waals surface area contributed by atoms with Gasteiger partial charge in [0.15, 0.2) is 0 Å². The van der Waals surface area contributed by atoms with Crippen LogP contribution in [0.2, 0.25) is 0 Å². The number of amides is 1. The highest BCUT2D eigenvalue weighted by molar-refractivity contribution is 5.89. The summed E-state index contributed by atoms with van der Waals surface area (Å²) in [6.07, 6.45) is -0.862. The number of furan rings is 1. The molecule has 0 fully saturated rings. The van der Waals surface area contributed by atoms with Gasteiger partial charge in [0.1, 0.15) is 23.2 Å². The van der Waals surface area contributed by atoms with Crippen molar-refractivity contribution in [3.05, 3.63) is 47.7 Å². The number of nitrogens with one attached hydrogen (secondary N) is 1. The second kappa shape index (κ2) is 8.60. The molecule has 0 radical (unpaired) electrons. The lowest BCUT2D eigenvalue weighted by Crippen LogP contribution is -2.44. The van der Waals surface area contributed by atoms with Gasteiger partial charge in [-0.1, -0.05) is 12.1 Å². The largest absolute Gasteiger partial charge is 0.480 e. The van der Waals surface area contributed by atoms with Gasteiger partial charge in [-0.3, -0.25) is 0 Å². The maximum absolute atomic E-state index is 11.8. The highest BCUT2D eigenvalue weighted by Gasteiger charge is 2.25. The number of ether oxygens (including phenoxy) is 2. The molecule has 0 bridgehead atoms. The molecule has 1 amide bonds. The van der Waals surface area contributed by atoms with Crippen LogP contribution >= 0.6 is 0 Å². The second-order valence-electron chi connectivity index (χ2n) is 7.08. The molecular weight excluding hydrogens is 366 g/mol. The van der Waals surface area contributed by atoms with Crippen LogP contribution in [-0.4, -0.2) is 41.9 Å². The third kappa shape index (κ3) is 5.87. The number of hydrogen-bond acceptors (Lipinski definition) is 6. The molecule has 0 aliphatic carbocycles. The number of carboxylic acid groups (broad SMARTS) is 1. The van der Waals surface area contributed by atoms with Crippen LogP contribution in [0.3, 0.4) is 0 Å². The van der Waals surface area contributed by atoms with E-state index < -0.39 is 29.7 Å². The maximum Gasteiger partial charge on any atom is 0.408 e. The molecule has 1 unspecified atom stereocenters. The summed E-state index contributed by atoms with van der Waals surface area (Å²) in [5.74, 6) is -0.751. The van der Waals surface area contributed by atoms with Crippen LogP contribution < -0.4 is 5.32 Å². The Hall–Kier alpha value is -3.29. The van der Waals surface area contributed by atoms with Crippen LogP contribution in [0.5, 0.6) is 0 Å². The van der Waals surface area contributed by atoms with Crippen LogP contribution in [-0.2, 0) is 20.7 Å². The second-order valence-corrected chi connectivity index (χ2v) is 7.08. The lowest BCUT2D eigenvalue weighted by Gasteiger charge is -2.21. The summed E-state index contributed by atoms with van der Waals surface area (Å²) in [6.45, 7) is 5.06. The Kier molecular flexibility index (Phi) is 6.45. The Bertz CT molecular complexity index is 846. The van der Waals surface area contributed by atoms with E-state index in [4.69, 9.17) is 9.15 Å². The molecule has 1 heterocycles. The number of carbonyl (C=O) groups excluding carboxylic acids is 2. The number of carboxylic acids is 1. The number of carbonyl (C=O) groups is 3. The minimum Gasteiger partial charge on any atom is -0.480 e. The molecule has 1 aromatic heterocycles. The van der Waals surface area contributed by atoms with Gasteiger partial charge in [0.25, 0.3) is 0 Å². The standard InChI is InChI=1S/C20H23NO7/c1-20(2,3)28-19(25)21-15(17(22)23)11-14-9-10-16(27-14)12-5-7-13(8-6-12)18(24)26-4/h5-10,15H,11H2,1-4H3,(H,21,25)(H,22,23). The molecule has 0 saturated heterocycles. The van der Waals surface area contributed by atoms with Gasteiger partial charge in [0.05, 0.1) is 12.7 Å². The Morgan fingerprint density at radius 1 is 1.11 bits per heavy atom. The maximum atomic E-state index is 11.8. The third-order valence-electron chi connectivity index (χ3n) is 3.65. The average Bonchev–Trinajstić information content (AvgIpc) is 3.07. The number of hydrogen-bond donors (Lipinski definition) is 2. The number of alkyl carbamates (subject to hydrolysis) is 1. The van der Waals surface area contributed by atoms with Gasteiger partial charge in [-0.15, -0.1) is 0 Å². The lowest BCUT2D eigenvalue weighted by molar-refractivity contribution is -0.139. The first-order valence-corrected chi connectivity index (χ1v) is 8.59. The molecule has 0 aliphatic heterocycles. The molecule has 0 spiro atoms. The molecule has 1 atom stereocenters. The van der Waals surface area contributed by atoms with Gasteiger partial charge in [-0.2, -0.15) is 0 Å². The molecule has 28 heavy (non-hydrogen) atoms. The van der Waals surface area contributed by atoms with Crippen molar-refractivity contribution >= 4 is 18.0 Å². The molecule has 2 aromatic rings. The van der Waals surface area contributed by atoms with E-state index in [-0.39, 0.29) is 6.42 Å². The smallest absolute Gasteiger partial charge is 0.408 e. The number of esters is 1. The first-order chi connectivity index (χ1) is 13.1. The zero-order valence-electron chi connectivity index (χ0n) is 16.1. The van der Waals surface area contributed by atoms with Gasteiger partial charge in [-0.05, 0) is 45.0 Å². The van der Waals surface area contributed by atoms with Crippen molar-refractivity contribution in [3.63, 3.8) is 0 Å². The minimum absolute atomic E-state index is 0.0468. The summed E-state index contributed by atoms with van der Waals surface area (Å²) in [7, 11) is 1.30. The van der Waals surface area contributed by atoms with E-state index in [0.717, 1.165) is 0 Å². The fourth-order valence-electron chi connectivity index (χ4n) is 2.38. The minimum atomic E-state index is -1.20. The van der Waals surface area contributed by atoms with Crippen LogP contribution in [0.15, 0.2) is 40.8 Å². The predicted molar refractivity (Wildman–Crippen MR) is 100.0 cm³/mol. The van der Waals surface area contributed by atoms with E-state index in [0.29, 0.717) is 22.6 Å². The average molecular weight is 389 g/mol. The van der Waals surface area contributed by atoms with Gasteiger partial charge in [-0.25, -0.2) is 14.4 Å². The van der Waals surface area contributed by atoms with Crippen LogP contribution in [0.4, 0.5) is 4.79 Å². The van der Waals surface area contributed by atoms with Crippen molar-refractivity contribution in [3.8, 4) is 11.3 Å². The number of rotatable bonds is 6. The van der Waals surface area contributed by atoms with Crippen molar-refractivity contribution in [2.45, 2.75) is 38.8 Å². The molecule has 0 saturated carbocycles. The highest BCUT2D eigenvalue weighted by Crippen LogP contribution is 2.23. The van der Waals surface area contributed by atoms with Gasteiger partial charge in [0.2, 0.25) is 0 Å². The third-order valence-corrected chi connectivity index (χ3v) is 3.65. The number of benzene rings is 1. The van der Waals surface area contributed by atoms with Crippen LogP contribution in [0, 0.1) is 0 Å². The molecule has 2 rings (SSSR count). The van der Waals surface area contributed by atoms with E-state index in [1.165, 1.54) is 7.11 Å². The van der Waals surface area contributed by atoms with Gasteiger partial charge in [0, 0.05) is 12.0 Å². The molecule has 1 aromatic carbocycles. The molecule has 2 N–H and O–H groups in total. The van der Waals surface area contributed by atoms with Gasteiger partial charge < -0.3 is 24.3 Å². The monoisotopic (exact) mass is 389 g/mol. The summed E-state index contributed by atoms with van der Waals surface area (Å²) >= 11 is 0. The van der Waals surface area contributed by atoms with E-state index in [1.54, 1.807) is 57.2 Å². The molecule has 0 aliphatic rings. The van der Waals surface area contributed by atoms with Gasteiger partial charge >= 0.3 is 18.0 Å². The molecule has 8 heteroatoms. The van der Waals surface area contributed by atoms with Crippen molar-refractivity contribution in [2.24, 2.45) is 0 Å². The fourth-order valence-corrected chi connectivity index (χ4v) is 2.38. The highest BCUT2D eigenvalue weighted by atomic mass is 16.6. The predicted octanol–water partition coefficient (Wildman–Crippen LogP) is 3.25. The summed E-state index contributed by atoms with van der Waals surface area (Å²) in [6, 6.07) is 8.73. The SMILES string of the molecule is COC(=O)c1ccc(-c2ccc(CC(NC(=O)OC(C)(C)C)C(=O)O)o2)cc1. The molecular formula is C20H23NO7. The Labute approximate surface area is 162 Å². The van der Waals surface area contributed by atoms with E-state index >= 15 is 0 Å². The van der Waals surface area contributed by atoms with Crippen molar-refractivity contribution in [1.29, 1.82) is 0 Å². The van der Waals surface area contributed by atoms with Crippen molar-refractivity contribution in [1.82, 2.24) is 5.32 Å². The zero-order chi connectivity index (χ0) is 20.9. The number of methoxy groups -OCH3 is 1. The van der Waals surface area contributed by atoms with Crippen molar-refractivity contribution < 1.29 is 33.4 Å². The van der Waals surface area contributed by atoms with Crippen LogP contribution in [0.25, 0.3) is 11.3 Å². The summed E-state index contributed by atoms with van der Waals surface area (Å²) in [5.41, 5.74) is 0.387. The van der Waals surface area contributed by atoms with Crippen molar-refractivity contribution in [2.75, 3.05) is 7.11 Å². The summed E-state index contributed by atoms with van der Waals surface area (Å²) in [5, 5.41) is 11.7. The fraction of sp³-hybridized carbons (Fsp3) is 0.350. The Morgan fingerprint density at radius 2 is 1.75 bits per heavy atom. The Balaban J connectivity index is 2.08. The first kappa shape index (κ1) is 21.0. The quantitative estimate of drug-likeness (QED) is 0.729. The lowest BCUT2D eigenvalue weighted by atomic mass is 10.1. The normalized spacial score (nSPS) is 12.1. The summed E-state index contributed by atoms with van der Waals surface area (Å²) < 4.78 is 15.4. The van der Waals surface area contributed by atoms with E-state index in [1.807, 2.05) is 0 Å².